The Kier molecular flexibility index (Phi) is 4.39. The Morgan fingerprint density at radius 1 is 1.25 bits per heavy atom. The second-order valence-electron chi connectivity index (χ2n) is 3.20. The molecule has 0 heterocycles. The van der Waals surface area contributed by atoms with Gasteiger partial charge >= 0.3 is 5.97 Å². The molecule has 0 aromatic heterocycles. The van der Waals surface area contributed by atoms with Crippen LogP contribution in [0.3, 0.4) is 0 Å². The molecule has 0 fully saturated rings. The lowest BCUT2D eigenvalue weighted by molar-refractivity contribution is -0.140. The maximum Gasteiger partial charge on any atom is 0.305 e. The van der Waals surface area contributed by atoms with Crippen LogP contribution in [-0.2, 0) is 9.53 Å². The van der Waals surface area contributed by atoms with Gasteiger partial charge in [-0.05, 0) is 0 Å². The average Bonchev–Trinajstić information content (AvgIpc) is 2.35. The summed E-state index contributed by atoms with van der Waals surface area (Å²) in [7, 11) is 1.27. The number of hydrogen-bond donors (Lipinski definition) is 0. The Hall–Kier alpha value is -1.97. The molecular weight excluding hydrogens is 208 g/mol. The Balaban J connectivity index is 2.73. The number of aldehydes is 1. The standard InChI is InChI=1S/C12H12O4/c1-16-12(15)7-6-11(14)10-5-3-2-4-9(10)8-13/h2-5,8H,6-7H2,1H3. The fraction of sp³-hybridized carbons (Fsp3) is 0.250. The molecule has 4 heteroatoms. The summed E-state index contributed by atoms with van der Waals surface area (Å²) in [4.78, 5) is 33.2. The molecule has 0 unspecified atom stereocenters. The largest absolute Gasteiger partial charge is 0.469 e. The highest BCUT2D eigenvalue weighted by Crippen LogP contribution is 2.10. The van der Waals surface area contributed by atoms with Crippen molar-refractivity contribution in [3.8, 4) is 0 Å². The minimum absolute atomic E-state index is 0.0303. The zero-order valence-electron chi connectivity index (χ0n) is 8.93. The van der Waals surface area contributed by atoms with E-state index in [-0.39, 0.29) is 18.6 Å². The highest BCUT2D eigenvalue weighted by molar-refractivity contribution is 6.03. The molecule has 16 heavy (non-hydrogen) atoms. The van der Waals surface area contributed by atoms with Crippen molar-refractivity contribution in [1.29, 1.82) is 0 Å². The first-order valence-electron chi connectivity index (χ1n) is 4.83. The zero-order valence-corrected chi connectivity index (χ0v) is 8.93. The van der Waals surface area contributed by atoms with Crippen LogP contribution in [0.1, 0.15) is 33.6 Å². The van der Waals surface area contributed by atoms with Crippen LogP contribution >= 0.6 is 0 Å². The van der Waals surface area contributed by atoms with E-state index < -0.39 is 5.97 Å². The maximum atomic E-state index is 11.7. The number of rotatable bonds is 5. The number of Topliss-reactive ketones (excluding diaryl/α,β-unsaturated/α-hetero) is 1. The molecule has 0 N–H and O–H groups in total. The van der Waals surface area contributed by atoms with E-state index in [2.05, 4.69) is 4.74 Å². The molecule has 1 aromatic carbocycles. The molecule has 0 aliphatic carbocycles. The van der Waals surface area contributed by atoms with E-state index in [1.807, 2.05) is 0 Å². The molecule has 0 saturated heterocycles. The van der Waals surface area contributed by atoms with E-state index in [1.54, 1.807) is 24.3 Å². The summed E-state index contributed by atoms with van der Waals surface area (Å²) in [5.41, 5.74) is 0.693. The van der Waals surface area contributed by atoms with Crippen molar-refractivity contribution in [1.82, 2.24) is 0 Å². The summed E-state index contributed by atoms with van der Waals surface area (Å²) in [5.74, 6) is -0.662. The van der Waals surface area contributed by atoms with Crippen molar-refractivity contribution in [2.75, 3.05) is 7.11 Å². The fourth-order valence-corrected chi connectivity index (χ4v) is 1.31. The molecule has 84 valence electrons. The third-order valence-corrected chi connectivity index (χ3v) is 2.17. The average molecular weight is 220 g/mol. The number of esters is 1. The van der Waals surface area contributed by atoms with Gasteiger partial charge in [0.2, 0.25) is 0 Å². The lowest BCUT2D eigenvalue weighted by atomic mass is 10.0. The molecule has 0 amide bonds. The molecular formula is C12H12O4. The SMILES string of the molecule is COC(=O)CCC(=O)c1ccccc1C=O. The van der Waals surface area contributed by atoms with Gasteiger partial charge in [0, 0.05) is 17.5 Å². The van der Waals surface area contributed by atoms with Crippen LogP contribution in [0.2, 0.25) is 0 Å². The third kappa shape index (κ3) is 3.02. The second kappa shape index (κ2) is 5.80. The number of ketones is 1. The van der Waals surface area contributed by atoms with Gasteiger partial charge in [-0.15, -0.1) is 0 Å². The Morgan fingerprint density at radius 2 is 1.94 bits per heavy atom. The van der Waals surface area contributed by atoms with Crippen molar-refractivity contribution in [2.45, 2.75) is 12.8 Å². The predicted molar refractivity (Wildman–Crippen MR) is 57.4 cm³/mol. The molecule has 0 radical (unpaired) electrons. The van der Waals surface area contributed by atoms with Crippen LogP contribution in [0.15, 0.2) is 24.3 Å². The summed E-state index contributed by atoms with van der Waals surface area (Å²) in [5, 5.41) is 0. The number of ether oxygens (including phenoxy) is 1. The summed E-state index contributed by atoms with van der Waals surface area (Å²) in [6.07, 6.45) is 0.714. The third-order valence-electron chi connectivity index (χ3n) is 2.17. The van der Waals surface area contributed by atoms with E-state index >= 15 is 0 Å². The van der Waals surface area contributed by atoms with Crippen LogP contribution in [0.4, 0.5) is 0 Å². The molecule has 0 atom stereocenters. The van der Waals surface area contributed by atoms with Crippen molar-refractivity contribution in [3.63, 3.8) is 0 Å². The Labute approximate surface area is 93.2 Å². The van der Waals surface area contributed by atoms with Gasteiger partial charge in [-0.1, -0.05) is 24.3 Å². The van der Waals surface area contributed by atoms with E-state index in [4.69, 9.17) is 0 Å². The predicted octanol–water partition coefficient (Wildman–Crippen LogP) is 1.64. The van der Waals surface area contributed by atoms with Gasteiger partial charge in [-0.3, -0.25) is 14.4 Å². The zero-order chi connectivity index (χ0) is 12.0. The van der Waals surface area contributed by atoms with Crippen molar-refractivity contribution in [2.24, 2.45) is 0 Å². The van der Waals surface area contributed by atoms with Crippen LogP contribution in [0.25, 0.3) is 0 Å². The highest BCUT2D eigenvalue weighted by Gasteiger charge is 2.12. The van der Waals surface area contributed by atoms with Crippen LogP contribution in [0.5, 0.6) is 0 Å². The van der Waals surface area contributed by atoms with E-state index in [1.165, 1.54) is 7.11 Å². The monoisotopic (exact) mass is 220 g/mol. The Bertz CT molecular complexity index is 409. The van der Waals surface area contributed by atoms with Gasteiger partial charge in [0.1, 0.15) is 0 Å². The second-order valence-corrected chi connectivity index (χ2v) is 3.20. The normalized spacial score (nSPS) is 9.56. The molecule has 4 nitrogen and oxygen atoms in total. The minimum atomic E-state index is -0.433. The van der Waals surface area contributed by atoms with Gasteiger partial charge in [0.25, 0.3) is 0 Å². The van der Waals surface area contributed by atoms with Gasteiger partial charge in [-0.25, -0.2) is 0 Å². The van der Waals surface area contributed by atoms with Crippen LogP contribution in [0, 0.1) is 0 Å². The summed E-state index contributed by atoms with van der Waals surface area (Å²) in [6, 6.07) is 6.50. The number of methoxy groups -OCH3 is 1. The van der Waals surface area contributed by atoms with Crippen LogP contribution in [-0.4, -0.2) is 25.1 Å². The number of hydrogen-bond acceptors (Lipinski definition) is 4. The maximum absolute atomic E-state index is 11.7. The van der Waals surface area contributed by atoms with Gasteiger partial charge in [-0.2, -0.15) is 0 Å². The first kappa shape index (κ1) is 12.1. The van der Waals surface area contributed by atoms with Gasteiger partial charge < -0.3 is 4.74 Å². The number of benzene rings is 1. The molecule has 1 rings (SSSR count). The molecule has 0 spiro atoms. The summed E-state index contributed by atoms with van der Waals surface area (Å²) in [6.45, 7) is 0. The number of carbonyl (C=O) groups is 3. The first-order chi connectivity index (χ1) is 7.69. The van der Waals surface area contributed by atoms with E-state index in [0.717, 1.165) is 0 Å². The fourth-order valence-electron chi connectivity index (χ4n) is 1.31. The van der Waals surface area contributed by atoms with Crippen molar-refractivity contribution >= 4 is 18.0 Å². The van der Waals surface area contributed by atoms with Gasteiger partial charge in [0.05, 0.1) is 13.5 Å². The smallest absolute Gasteiger partial charge is 0.305 e. The highest BCUT2D eigenvalue weighted by atomic mass is 16.5. The van der Waals surface area contributed by atoms with E-state index in [9.17, 15) is 14.4 Å². The molecule has 0 aliphatic rings. The van der Waals surface area contributed by atoms with E-state index in [0.29, 0.717) is 17.4 Å². The van der Waals surface area contributed by atoms with Crippen molar-refractivity contribution in [3.05, 3.63) is 35.4 Å². The van der Waals surface area contributed by atoms with Gasteiger partial charge in [0.15, 0.2) is 12.1 Å². The molecule has 0 aliphatic heterocycles. The lowest BCUT2D eigenvalue weighted by Gasteiger charge is -2.02. The minimum Gasteiger partial charge on any atom is -0.469 e. The van der Waals surface area contributed by atoms with Crippen LogP contribution < -0.4 is 0 Å². The first-order valence-corrected chi connectivity index (χ1v) is 4.83. The molecule has 0 saturated carbocycles. The topological polar surface area (TPSA) is 60.4 Å². The summed E-state index contributed by atoms with van der Waals surface area (Å²) < 4.78 is 4.43. The van der Waals surface area contributed by atoms with Crippen molar-refractivity contribution < 1.29 is 19.1 Å². The molecule has 0 bridgehead atoms. The lowest BCUT2D eigenvalue weighted by Crippen LogP contribution is -2.07. The quantitative estimate of drug-likeness (QED) is 0.430. The summed E-state index contributed by atoms with van der Waals surface area (Å²) >= 11 is 0. The number of carbonyl (C=O) groups excluding carboxylic acids is 3. The Morgan fingerprint density at radius 3 is 2.56 bits per heavy atom. The molecule has 1 aromatic rings.